The van der Waals surface area contributed by atoms with Gasteiger partial charge in [0.15, 0.2) is 0 Å². The third-order valence-electron chi connectivity index (χ3n) is 4.27. The molecule has 0 spiro atoms. The molecule has 0 fully saturated rings. The van der Waals surface area contributed by atoms with Crippen LogP contribution in [0.4, 0.5) is 0 Å². The lowest BCUT2D eigenvalue weighted by atomic mass is 10.1. The van der Waals surface area contributed by atoms with Gasteiger partial charge in [0.1, 0.15) is 11.9 Å². The van der Waals surface area contributed by atoms with Crippen molar-refractivity contribution in [1.82, 2.24) is 20.6 Å². The maximum Gasteiger partial charge on any atom is 0.262 e. The zero-order valence-electron chi connectivity index (χ0n) is 15.5. The van der Waals surface area contributed by atoms with Crippen LogP contribution in [0.25, 0.3) is 11.3 Å². The van der Waals surface area contributed by atoms with Gasteiger partial charge in [0, 0.05) is 0 Å². The Balaban J connectivity index is 1.63. The summed E-state index contributed by atoms with van der Waals surface area (Å²) in [4.78, 5) is 33.1. The van der Waals surface area contributed by atoms with Crippen molar-refractivity contribution in [2.45, 2.75) is 32.4 Å². The summed E-state index contributed by atoms with van der Waals surface area (Å²) < 4.78 is 0.868. The number of hydrogen-bond donors (Lipinski definition) is 3. The Kier molecular flexibility index (Phi) is 6.64. The Bertz CT molecular complexity index is 954. The van der Waals surface area contributed by atoms with Crippen molar-refractivity contribution in [2.75, 3.05) is 0 Å². The first-order valence-corrected chi connectivity index (χ1v) is 10.6. The largest absolute Gasteiger partial charge is 0.344 e. The van der Waals surface area contributed by atoms with Crippen LogP contribution in [0.2, 0.25) is 0 Å². The molecule has 0 aliphatic heterocycles. The molecule has 146 valence electrons. The topological polar surface area (TPSA) is 86.9 Å². The molecule has 2 amide bonds. The summed E-state index contributed by atoms with van der Waals surface area (Å²) in [5.41, 5.74) is 1.93. The molecule has 3 N–H and O–H groups in total. The molecule has 8 heteroatoms. The fourth-order valence-corrected chi connectivity index (χ4v) is 4.00. The van der Waals surface area contributed by atoms with E-state index in [0.29, 0.717) is 17.1 Å². The summed E-state index contributed by atoms with van der Waals surface area (Å²) in [7, 11) is 0. The molecule has 2 unspecified atom stereocenters. The molecule has 0 saturated carbocycles. The lowest BCUT2D eigenvalue weighted by Crippen LogP contribution is -2.45. The third-order valence-corrected chi connectivity index (χ3v) is 5.90. The molecule has 28 heavy (non-hydrogen) atoms. The van der Waals surface area contributed by atoms with Crippen molar-refractivity contribution in [3.8, 4) is 11.3 Å². The number of thiophene rings is 1. The Morgan fingerprint density at radius 3 is 2.57 bits per heavy atom. The number of nitrogens with one attached hydrogen (secondary N) is 3. The number of halogens is 1. The van der Waals surface area contributed by atoms with Gasteiger partial charge >= 0.3 is 0 Å². The fraction of sp³-hybridized carbons (Fsp3) is 0.250. The van der Waals surface area contributed by atoms with Crippen LogP contribution in [-0.2, 0) is 4.79 Å². The number of imidazole rings is 1. The number of rotatable bonds is 7. The highest BCUT2D eigenvalue weighted by molar-refractivity contribution is 9.11. The summed E-state index contributed by atoms with van der Waals surface area (Å²) in [6.45, 7) is 3.64. The van der Waals surface area contributed by atoms with Crippen LogP contribution < -0.4 is 10.6 Å². The number of aromatic nitrogens is 2. The van der Waals surface area contributed by atoms with Crippen LogP contribution in [0, 0.1) is 0 Å². The van der Waals surface area contributed by atoms with E-state index in [-0.39, 0.29) is 17.9 Å². The molecule has 3 rings (SSSR count). The first-order valence-electron chi connectivity index (χ1n) is 8.94. The molecule has 0 aliphatic carbocycles. The first-order chi connectivity index (χ1) is 13.5. The van der Waals surface area contributed by atoms with Crippen molar-refractivity contribution >= 4 is 39.1 Å². The van der Waals surface area contributed by atoms with Crippen molar-refractivity contribution in [1.29, 1.82) is 0 Å². The SMILES string of the molecule is CCC(NC(=O)C(C)NC(=O)c1ccc(Br)s1)c1ncc(-c2ccccc2)[nH]1. The Labute approximate surface area is 175 Å². The summed E-state index contributed by atoms with van der Waals surface area (Å²) in [5.74, 6) is 0.166. The van der Waals surface area contributed by atoms with Crippen LogP contribution in [0.5, 0.6) is 0 Å². The normalized spacial score (nSPS) is 13.0. The van der Waals surface area contributed by atoms with Crippen LogP contribution in [0.1, 0.15) is 41.8 Å². The van der Waals surface area contributed by atoms with Crippen molar-refractivity contribution in [3.63, 3.8) is 0 Å². The predicted octanol–water partition coefficient (Wildman–Crippen LogP) is 4.29. The summed E-state index contributed by atoms with van der Waals surface area (Å²) in [5, 5.41) is 5.69. The van der Waals surface area contributed by atoms with Gasteiger partial charge < -0.3 is 15.6 Å². The number of benzene rings is 1. The number of nitrogens with zero attached hydrogens (tertiary/aromatic N) is 1. The lowest BCUT2D eigenvalue weighted by Gasteiger charge is -2.19. The Morgan fingerprint density at radius 2 is 1.93 bits per heavy atom. The van der Waals surface area contributed by atoms with Crippen molar-refractivity contribution in [3.05, 3.63) is 63.1 Å². The molecule has 0 aliphatic rings. The van der Waals surface area contributed by atoms with Crippen LogP contribution in [-0.4, -0.2) is 27.8 Å². The molecule has 1 aromatic carbocycles. The molecule has 2 atom stereocenters. The zero-order chi connectivity index (χ0) is 20.1. The summed E-state index contributed by atoms with van der Waals surface area (Å²) in [6.07, 6.45) is 2.44. The lowest BCUT2D eigenvalue weighted by molar-refractivity contribution is -0.123. The number of amides is 2. The highest BCUT2D eigenvalue weighted by atomic mass is 79.9. The van der Waals surface area contributed by atoms with E-state index >= 15 is 0 Å². The molecule has 0 radical (unpaired) electrons. The number of aromatic amines is 1. The number of carbonyl (C=O) groups excluding carboxylic acids is 2. The van der Waals surface area contributed by atoms with Crippen LogP contribution in [0.15, 0.2) is 52.4 Å². The molecule has 3 aromatic rings. The monoisotopic (exact) mass is 460 g/mol. The van der Waals surface area contributed by atoms with E-state index in [9.17, 15) is 9.59 Å². The second-order valence-electron chi connectivity index (χ2n) is 6.32. The van der Waals surface area contributed by atoms with Gasteiger partial charge in [-0.25, -0.2) is 4.98 Å². The maximum absolute atomic E-state index is 12.6. The minimum atomic E-state index is -0.661. The first kappa shape index (κ1) is 20.3. The zero-order valence-corrected chi connectivity index (χ0v) is 17.9. The highest BCUT2D eigenvalue weighted by Gasteiger charge is 2.22. The number of carbonyl (C=O) groups is 2. The summed E-state index contributed by atoms with van der Waals surface area (Å²) in [6, 6.07) is 12.5. The molecule has 2 heterocycles. The van der Waals surface area contributed by atoms with E-state index < -0.39 is 6.04 Å². The Hall–Kier alpha value is -2.45. The molecule has 6 nitrogen and oxygen atoms in total. The average Bonchev–Trinajstić information content (AvgIpc) is 3.36. The molecule has 0 bridgehead atoms. The van der Waals surface area contributed by atoms with Gasteiger partial charge in [-0.3, -0.25) is 9.59 Å². The van der Waals surface area contributed by atoms with Crippen LogP contribution in [0.3, 0.4) is 0 Å². The van der Waals surface area contributed by atoms with Gasteiger partial charge in [0.2, 0.25) is 5.91 Å². The number of H-pyrrole nitrogens is 1. The van der Waals surface area contributed by atoms with E-state index in [1.165, 1.54) is 11.3 Å². The van der Waals surface area contributed by atoms with E-state index in [0.717, 1.165) is 15.0 Å². The third kappa shape index (κ3) is 4.88. The van der Waals surface area contributed by atoms with Gasteiger partial charge in [-0.05, 0) is 47.0 Å². The van der Waals surface area contributed by atoms with Gasteiger partial charge in [0.25, 0.3) is 5.91 Å². The molecular weight excluding hydrogens is 440 g/mol. The van der Waals surface area contributed by atoms with E-state index in [1.54, 1.807) is 25.3 Å². The van der Waals surface area contributed by atoms with E-state index in [1.807, 2.05) is 37.3 Å². The van der Waals surface area contributed by atoms with Crippen molar-refractivity contribution < 1.29 is 9.59 Å². The smallest absolute Gasteiger partial charge is 0.262 e. The van der Waals surface area contributed by atoms with E-state index in [2.05, 4.69) is 36.5 Å². The van der Waals surface area contributed by atoms with Gasteiger partial charge in [0.05, 0.1) is 26.6 Å². The maximum atomic E-state index is 12.6. The van der Waals surface area contributed by atoms with Gasteiger partial charge in [-0.15, -0.1) is 11.3 Å². The summed E-state index contributed by atoms with van der Waals surface area (Å²) >= 11 is 4.65. The standard InChI is InChI=1S/C20H21BrN4O2S/c1-3-14(18-22-11-15(24-18)13-7-5-4-6-8-13)25-19(26)12(2)23-20(27)16-9-10-17(21)28-16/h4-12,14H,3H2,1-2H3,(H,22,24)(H,23,27)(H,25,26). The molecular formula is C20H21BrN4O2S. The average molecular weight is 461 g/mol. The quantitative estimate of drug-likeness (QED) is 0.491. The minimum Gasteiger partial charge on any atom is -0.344 e. The molecule has 0 saturated heterocycles. The molecule has 2 aromatic heterocycles. The predicted molar refractivity (Wildman–Crippen MR) is 114 cm³/mol. The van der Waals surface area contributed by atoms with Gasteiger partial charge in [-0.2, -0.15) is 0 Å². The van der Waals surface area contributed by atoms with Crippen molar-refractivity contribution in [2.24, 2.45) is 0 Å². The van der Waals surface area contributed by atoms with Gasteiger partial charge in [-0.1, -0.05) is 37.3 Å². The second-order valence-corrected chi connectivity index (χ2v) is 8.78. The van der Waals surface area contributed by atoms with E-state index in [4.69, 9.17) is 0 Å². The minimum absolute atomic E-state index is 0.256. The van der Waals surface area contributed by atoms with Crippen LogP contribution >= 0.6 is 27.3 Å². The second kappa shape index (κ2) is 9.16. The highest BCUT2D eigenvalue weighted by Crippen LogP contribution is 2.22. The fourth-order valence-electron chi connectivity index (χ4n) is 2.71. The number of hydrogen-bond acceptors (Lipinski definition) is 4. The Morgan fingerprint density at radius 1 is 1.18 bits per heavy atom.